The molecule has 0 atom stereocenters. The van der Waals surface area contributed by atoms with E-state index in [0.29, 0.717) is 0 Å². The van der Waals surface area contributed by atoms with Gasteiger partial charge < -0.3 is 0 Å². The van der Waals surface area contributed by atoms with Gasteiger partial charge in [-0.1, -0.05) is 37.3 Å². The van der Waals surface area contributed by atoms with Gasteiger partial charge >= 0.3 is 0 Å². The SMILES string of the molecule is CCSc1ccc2cc3cc4ccccc4cc3cc2c1. The van der Waals surface area contributed by atoms with Gasteiger partial charge in [0, 0.05) is 4.90 Å². The number of fused-ring (bicyclic) bond motifs is 3. The molecule has 0 aliphatic heterocycles. The molecule has 0 unspecified atom stereocenters. The predicted molar refractivity (Wildman–Crippen MR) is 95.4 cm³/mol. The third-order valence-corrected chi connectivity index (χ3v) is 4.82. The van der Waals surface area contributed by atoms with E-state index >= 15 is 0 Å². The molecule has 4 aromatic rings. The fraction of sp³-hybridized carbons (Fsp3) is 0.100. The van der Waals surface area contributed by atoms with Gasteiger partial charge in [0.25, 0.3) is 0 Å². The largest absolute Gasteiger partial charge is 0.126 e. The average molecular weight is 288 g/mol. The molecule has 0 nitrogen and oxygen atoms in total. The summed E-state index contributed by atoms with van der Waals surface area (Å²) < 4.78 is 0. The molecule has 0 saturated carbocycles. The smallest absolute Gasteiger partial charge is 0.00782 e. The lowest BCUT2D eigenvalue weighted by Crippen LogP contribution is -1.80. The summed E-state index contributed by atoms with van der Waals surface area (Å²) in [7, 11) is 0. The molecule has 0 N–H and O–H groups in total. The van der Waals surface area contributed by atoms with Gasteiger partial charge in [0.05, 0.1) is 0 Å². The lowest BCUT2D eigenvalue weighted by molar-refractivity contribution is 1.46. The van der Waals surface area contributed by atoms with Crippen LogP contribution in [0, 0.1) is 0 Å². The molecular weight excluding hydrogens is 272 g/mol. The zero-order valence-electron chi connectivity index (χ0n) is 12.0. The maximum atomic E-state index is 2.32. The molecule has 0 bridgehead atoms. The molecule has 4 rings (SSSR count). The minimum Gasteiger partial charge on any atom is -0.126 e. The van der Waals surface area contributed by atoms with Crippen LogP contribution in [0.15, 0.2) is 71.6 Å². The van der Waals surface area contributed by atoms with Gasteiger partial charge in [0.1, 0.15) is 0 Å². The van der Waals surface area contributed by atoms with E-state index in [2.05, 4.69) is 73.7 Å². The standard InChI is InChI=1S/C20H16S/c1-2-21-20-8-7-16-11-17-9-14-5-3-4-6-15(14)10-18(17)12-19(16)13-20/h3-13H,2H2,1H3. The van der Waals surface area contributed by atoms with Gasteiger partial charge in [0.15, 0.2) is 0 Å². The van der Waals surface area contributed by atoms with Crippen LogP contribution in [0.5, 0.6) is 0 Å². The molecule has 0 heterocycles. The summed E-state index contributed by atoms with van der Waals surface area (Å²) >= 11 is 1.90. The third kappa shape index (κ3) is 2.28. The van der Waals surface area contributed by atoms with Crippen LogP contribution in [0.25, 0.3) is 32.3 Å². The van der Waals surface area contributed by atoms with Gasteiger partial charge in [-0.3, -0.25) is 0 Å². The second-order valence-electron chi connectivity index (χ2n) is 5.34. The van der Waals surface area contributed by atoms with E-state index in [-0.39, 0.29) is 0 Å². The molecule has 0 radical (unpaired) electrons. The molecule has 0 aromatic heterocycles. The van der Waals surface area contributed by atoms with E-state index in [9.17, 15) is 0 Å². The number of rotatable bonds is 2. The van der Waals surface area contributed by atoms with E-state index in [1.807, 2.05) is 11.8 Å². The quantitative estimate of drug-likeness (QED) is 0.310. The van der Waals surface area contributed by atoms with E-state index in [4.69, 9.17) is 0 Å². The Morgan fingerprint density at radius 2 is 1.14 bits per heavy atom. The highest BCUT2D eigenvalue weighted by atomic mass is 32.2. The van der Waals surface area contributed by atoms with E-state index in [0.717, 1.165) is 5.75 Å². The third-order valence-electron chi connectivity index (χ3n) is 3.94. The van der Waals surface area contributed by atoms with Crippen molar-refractivity contribution < 1.29 is 0 Å². The zero-order valence-corrected chi connectivity index (χ0v) is 12.8. The molecule has 4 aromatic carbocycles. The number of hydrogen-bond donors (Lipinski definition) is 0. The van der Waals surface area contributed by atoms with E-state index in [1.165, 1.54) is 37.2 Å². The van der Waals surface area contributed by atoms with Crippen LogP contribution in [0.1, 0.15) is 6.92 Å². The maximum Gasteiger partial charge on any atom is 0.00782 e. The molecule has 1 heteroatoms. The monoisotopic (exact) mass is 288 g/mol. The lowest BCUT2D eigenvalue weighted by atomic mass is 10.00. The van der Waals surface area contributed by atoms with Crippen molar-refractivity contribution in [2.45, 2.75) is 11.8 Å². The summed E-state index contributed by atoms with van der Waals surface area (Å²) in [6.07, 6.45) is 0. The van der Waals surface area contributed by atoms with Crippen molar-refractivity contribution in [2.24, 2.45) is 0 Å². The molecule has 102 valence electrons. The number of benzene rings is 4. The first-order chi connectivity index (χ1) is 10.3. The first-order valence-corrected chi connectivity index (χ1v) is 8.31. The summed E-state index contributed by atoms with van der Waals surface area (Å²) in [6.45, 7) is 2.20. The van der Waals surface area contributed by atoms with Crippen molar-refractivity contribution in [3.8, 4) is 0 Å². The van der Waals surface area contributed by atoms with Gasteiger partial charge in [0.2, 0.25) is 0 Å². The Balaban J connectivity index is 2.01. The van der Waals surface area contributed by atoms with Crippen LogP contribution in [-0.4, -0.2) is 5.75 Å². The molecule has 0 spiro atoms. The zero-order chi connectivity index (χ0) is 14.2. The van der Waals surface area contributed by atoms with Crippen molar-refractivity contribution in [3.63, 3.8) is 0 Å². The van der Waals surface area contributed by atoms with Crippen LogP contribution < -0.4 is 0 Å². The predicted octanol–water partition coefficient (Wildman–Crippen LogP) is 6.26. The Hall–Kier alpha value is -1.99. The summed E-state index contributed by atoms with van der Waals surface area (Å²) in [6, 6.07) is 24.5. The number of hydrogen-bond acceptors (Lipinski definition) is 1. The van der Waals surface area contributed by atoms with Gasteiger partial charge in [-0.15, -0.1) is 11.8 Å². The topological polar surface area (TPSA) is 0 Å². The average Bonchev–Trinajstić information content (AvgIpc) is 2.51. The van der Waals surface area contributed by atoms with Gasteiger partial charge in [-0.25, -0.2) is 0 Å². The van der Waals surface area contributed by atoms with Crippen LogP contribution in [0.4, 0.5) is 0 Å². The van der Waals surface area contributed by atoms with Crippen molar-refractivity contribution in [1.29, 1.82) is 0 Å². The first kappa shape index (κ1) is 12.7. The molecular formula is C20H16S. The second-order valence-corrected chi connectivity index (χ2v) is 6.68. The summed E-state index contributed by atoms with van der Waals surface area (Å²) in [5.74, 6) is 1.11. The Bertz CT molecular complexity index is 954. The Morgan fingerprint density at radius 3 is 1.76 bits per heavy atom. The lowest BCUT2D eigenvalue weighted by Gasteiger charge is -2.06. The van der Waals surface area contributed by atoms with Gasteiger partial charge in [-0.2, -0.15) is 0 Å². The Labute approximate surface area is 128 Å². The minimum atomic E-state index is 1.11. The van der Waals surface area contributed by atoms with Crippen molar-refractivity contribution >= 4 is 44.1 Å². The summed E-state index contributed by atoms with van der Waals surface area (Å²) in [5.41, 5.74) is 0. The Morgan fingerprint density at radius 1 is 0.619 bits per heavy atom. The highest BCUT2D eigenvalue weighted by molar-refractivity contribution is 7.99. The van der Waals surface area contributed by atoms with Crippen LogP contribution in [-0.2, 0) is 0 Å². The minimum absolute atomic E-state index is 1.11. The molecule has 21 heavy (non-hydrogen) atoms. The highest BCUT2D eigenvalue weighted by Crippen LogP contribution is 2.29. The van der Waals surface area contributed by atoms with Gasteiger partial charge in [-0.05, 0) is 74.5 Å². The van der Waals surface area contributed by atoms with Crippen LogP contribution in [0.2, 0.25) is 0 Å². The van der Waals surface area contributed by atoms with Crippen LogP contribution >= 0.6 is 11.8 Å². The molecule has 0 aliphatic carbocycles. The second kappa shape index (κ2) is 5.09. The fourth-order valence-corrected chi connectivity index (χ4v) is 3.63. The van der Waals surface area contributed by atoms with Crippen molar-refractivity contribution in [2.75, 3.05) is 5.75 Å². The Kier molecular flexibility index (Phi) is 3.08. The number of thioether (sulfide) groups is 1. The highest BCUT2D eigenvalue weighted by Gasteiger charge is 2.02. The van der Waals surface area contributed by atoms with E-state index in [1.54, 1.807) is 0 Å². The summed E-state index contributed by atoms with van der Waals surface area (Å²) in [4.78, 5) is 1.35. The molecule has 0 aliphatic rings. The first-order valence-electron chi connectivity index (χ1n) is 7.32. The van der Waals surface area contributed by atoms with Crippen LogP contribution in [0.3, 0.4) is 0 Å². The fourth-order valence-electron chi connectivity index (χ4n) is 2.93. The summed E-state index contributed by atoms with van der Waals surface area (Å²) in [5, 5.41) is 7.90. The van der Waals surface area contributed by atoms with Crippen molar-refractivity contribution in [1.82, 2.24) is 0 Å². The molecule has 0 amide bonds. The van der Waals surface area contributed by atoms with Crippen molar-refractivity contribution in [3.05, 3.63) is 66.7 Å². The molecule has 0 fully saturated rings. The maximum absolute atomic E-state index is 2.32. The van der Waals surface area contributed by atoms with E-state index < -0.39 is 0 Å². The normalized spacial score (nSPS) is 11.5. The molecule has 0 saturated heterocycles.